The molecule has 0 amide bonds. The number of unbranched alkanes of at least 4 members (excludes halogenated alkanes) is 2. The molecule has 0 aromatic rings. The second-order valence-corrected chi connectivity index (χ2v) is 5.59. The Hall–Kier alpha value is 0.709. The smallest absolute Gasteiger partial charge is 0.200 e. The van der Waals surface area contributed by atoms with E-state index in [-0.39, 0.29) is 17.1 Å². The van der Waals surface area contributed by atoms with E-state index in [9.17, 15) is 9.46 Å². The summed E-state index contributed by atoms with van der Waals surface area (Å²) >= 11 is 0. The van der Waals surface area contributed by atoms with Gasteiger partial charge < -0.3 is 4.89 Å². The fraction of sp³-hybridized carbons (Fsp3) is 1.00. The summed E-state index contributed by atoms with van der Waals surface area (Å²) in [6.45, 7) is 4.08. The summed E-state index contributed by atoms with van der Waals surface area (Å²) in [7, 11) is -2.73. The maximum atomic E-state index is 11.3. The summed E-state index contributed by atoms with van der Waals surface area (Å²) in [5.41, 5.74) is 0. The monoisotopic (exact) mass is 234 g/mol. The molecule has 0 fully saturated rings. The van der Waals surface area contributed by atoms with E-state index in [2.05, 4.69) is 0 Å². The summed E-state index contributed by atoms with van der Waals surface area (Å²) in [4.78, 5) is 9.33. The molecule has 1 N–H and O–H groups in total. The zero-order valence-electron chi connectivity index (χ0n) is 7.90. The van der Waals surface area contributed by atoms with E-state index in [1.54, 1.807) is 0 Å². The Morgan fingerprint density at radius 2 is 1.42 bits per heavy atom. The van der Waals surface area contributed by atoms with Crippen molar-refractivity contribution in [3.63, 3.8) is 0 Å². The van der Waals surface area contributed by atoms with E-state index in [1.807, 2.05) is 13.8 Å². The second-order valence-electron chi connectivity index (χ2n) is 3.00. The summed E-state index contributed by atoms with van der Waals surface area (Å²) < 4.78 is 11.3. The van der Waals surface area contributed by atoms with Gasteiger partial charge in [0.25, 0.3) is 0 Å². The van der Waals surface area contributed by atoms with Crippen LogP contribution < -0.4 is 0 Å². The Labute approximate surface area is 86.1 Å². The molecule has 4 heteroatoms. The predicted molar refractivity (Wildman–Crippen MR) is 49.4 cm³/mol. The molecule has 0 saturated heterocycles. The molecule has 0 rings (SSSR count). The van der Waals surface area contributed by atoms with Crippen molar-refractivity contribution in [2.45, 2.75) is 39.5 Å². The van der Waals surface area contributed by atoms with Crippen molar-refractivity contribution in [3.05, 3.63) is 0 Å². The van der Waals surface area contributed by atoms with Crippen LogP contribution in [0.3, 0.4) is 0 Å². The Morgan fingerprint density at radius 3 is 1.67 bits per heavy atom. The van der Waals surface area contributed by atoms with Crippen LogP contribution in [0.2, 0.25) is 0 Å². The fourth-order valence-corrected chi connectivity index (χ4v) is 2.77. The van der Waals surface area contributed by atoms with E-state index in [0.717, 1.165) is 25.7 Å². The van der Waals surface area contributed by atoms with Crippen molar-refractivity contribution in [3.8, 4) is 0 Å². The van der Waals surface area contributed by atoms with E-state index >= 15 is 0 Å². The van der Waals surface area contributed by atoms with E-state index < -0.39 is 7.37 Å². The Kier molecular flexibility index (Phi) is 10.5. The molecular weight excluding hydrogens is 215 g/mol. The van der Waals surface area contributed by atoms with Gasteiger partial charge in [-0.15, -0.1) is 0 Å². The van der Waals surface area contributed by atoms with Crippen molar-refractivity contribution in [2.75, 3.05) is 12.3 Å². The van der Waals surface area contributed by atoms with Gasteiger partial charge in [0, 0.05) is 29.4 Å². The van der Waals surface area contributed by atoms with Crippen LogP contribution in [0, 0.1) is 0 Å². The van der Waals surface area contributed by atoms with Gasteiger partial charge in [-0.2, -0.15) is 0 Å². The molecule has 0 aliphatic rings. The molecule has 0 aromatic heterocycles. The molecule has 0 aromatic carbocycles. The molecule has 0 radical (unpaired) electrons. The summed E-state index contributed by atoms with van der Waals surface area (Å²) in [5.74, 6) is 0. The number of hydrogen-bond acceptors (Lipinski definition) is 1. The van der Waals surface area contributed by atoms with Gasteiger partial charge in [0.15, 0.2) is 0 Å². The average molecular weight is 234 g/mol. The third kappa shape index (κ3) is 8.80. The standard InChI is InChI=1S/C8H19O2P.Fe/c1-3-5-7-11(9,10)8-6-4-2;/h3-8H2,1-2H3,(H,9,10);. The molecule has 0 aliphatic carbocycles. The van der Waals surface area contributed by atoms with Crippen LogP contribution in [-0.2, 0) is 21.6 Å². The second kappa shape index (κ2) is 8.31. The van der Waals surface area contributed by atoms with Gasteiger partial charge in [-0.3, -0.25) is 4.57 Å². The first-order valence-electron chi connectivity index (χ1n) is 4.43. The summed E-state index contributed by atoms with van der Waals surface area (Å²) in [6.07, 6.45) is 4.83. The van der Waals surface area contributed by atoms with E-state index in [0.29, 0.717) is 12.3 Å². The SMILES string of the molecule is CCCCP(=O)(O)CCCC.[Fe]. The average Bonchev–Trinajstić information content (AvgIpc) is 1.97. The van der Waals surface area contributed by atoms with Crippen molar-refractivity contribution in [1.82, 2.24) is 0 Å². The van der Waals surface area contributed by atoms with Gasteiger partial charge in [-0.25, -0.2) is 0 Å². The van der Waals surface area contributed by atoms with Crippen molar-refractivity contribution < 1.29 is 26.5 Å². The third-order valence-electron chi connectivity index (χ3n) is 1.72. The van der Waals surface area contributed by atoms with E-state index in [1.165, 1.54) is 0 Å². The normalized spacial score (nSPS) is 10.9. The Morgan fingerprint density at radius 1 is 1.08 bits per heavy atom. The summed E-state index contributed by atoms with van der Waals surface area (Å²) in [6, 6.07) is 0. The molecule has 2 nitrogen and oxygen atoms in total. The van der Waals surface area contributed by atoms with Crippen molar-refractivity contribution in [1.29, 1.82) is 0 Å². The number of hydrogen-bond donors (Lipinski definition) is 1. The van der Waals surface area contributed by atoms with Crippen molar-refractivity contribution >= 4 is 7.37 Å². The Bertz CT molecular complexity index is 127. The molecule has 0 aliphatic heterocycles. The van der Waals surface area contributed by atoms with Crippen LogP contribution in [0.15, 0.2) is 0 Å². The fourth-order valence-electron chi connectivity index (χ4n) is 0.922. The maximum Gasteiger partial charge on any atom is 0.200 e. The van der Waals surface area contributed by atoms with Gasteiger partial charge >= 0.3 is 0 Å². The molecular formula is C8H19FeO2P. The molecule has 0 unspecified atom stereocenters. The van der Waals surface area contributed by atoms with Crippen LogP contribution >= 0.6 is 7.37 Å². The largest absolute Gasteiger partial charge is 0.344 e. The zero-order valence-corrected chi connectivity index (χ0v) is 9.90. The molecule has 0 spiro atoms. The minimum Gasteiger partial charge on any atom is -0.344 e. The first-order valence-corrected chi connectivity index (χ1v) is 6.46. The van der Waals surface area contributed by atoms with Gasteiger partial charge in [0.2, 0.25) is 7.37 Å². The van der Waals surface area contributed by atoms with Gasteiger partial charge in [-0.05, 0) is 12.8 Å². The molecule has 76 valence electrons. The molecule has 0 saturated carbocycles. The zero-order chi connectivity index (χ0) is 8.74. The molecule has 0 bridgehead atoms. The first kappa shape index (κ1) is 15.2. The summed E-state index contributed by atoms with van der Waals surface area (Å²) in [5, 5.41) is 0. The van der Waals surface area contributed by atoms with Crippen LogP contribution in [0.5, 0.6) is 0 Å². The number of rotatable bonds is 6. The van der Waals surface area contributed by atoms with E-state index in [4.69, 9.17) is 0 Å². The quantitative estimate of drug-likeness (QED) is 0.566. The predicted octanol–water partition coefficient (Wildman–Crippen LogP) is 2.85. The van der Waals surface area contributed by atoms with Crippen LogP contribution in [0.1, 0.15) is 39.5 Å². The molecule has 0 atom stereocenters. The van der Waals surface area contributed by atoms with Crippen LogP contribution in [-0.4, -0.2) is 17.2 Å². The minimum absolute atomic E-state index is 0. The third-order valence-corrected chi connectivity index (χ3v) is 3.75. The van der Waals surface area contributed by atoms with Gasteiger partial charge in [0.1, 0.15) is 0 Å². The van der Waals surface area contributed by atoms with Gasteiger partial charge in [-0.1, -0.05) is 26.7 Å². The first-order chi connectivity index (χ1) is 5.12. The molecule has 12 heavy (non-hydrogen) atoms. The Balaban J connectivity index is 0. The van der Waals surface area contributed by atoms with Crippen molar-refractivity contribution in [2.24, 2.45) is 0 Å². The van der Waals surface area contributed by atoms with Crippen LogP contribution in [0.25, 0.3) is 0 Å². The molecule has 0 heterocycles. The minimum atomic E-state index is -2.73. The maximum absolute atomic E-state index is 11.3. The topological polar surface area (TPSA) is 37.3 Å². The van der Waals surface area contributed by atoms with Gasteiger partial charge in [0.05, 0.1) is 0 Å². The van der Waals surface area contributed by atoms with Crippen LogP contribution in [0.4, 0.5) is 0 Å².